The number of thiophene rings is 1. The van der Waals surface area contributed by atoms with Crippen molar-refractivity contribution in [1.29, 1.82) is 0 Å². The molecule has 106 valence electrons. The van der Waals surface area contributed by atoms with Gasteiger partial charge in [-0.05, 0) is 13.0 Å². The van der Waals surface area contributed by atoms with Crippen LogP contribution in [0.5, 0.6) is 0 Å². The van der Waals surface area contributed by atoms with Crippen molar-refractivity contribution in [3.8, 4) is 11.8 Å². The molecular weight excluding hydrogens is 314 g/mol. The molecule has 0 aliphatic carbocycles. The number of nitrogens with zero attached hydrogens (tertiary/aromatic N) is 1. The normalized spacial score (nSPS) is 11.1. The predicted molar refractivity (Wildman–Crippen MR) is 81.1 cm³/mol. The molecule has 0 atom stereocenters. The summed E-state index contributed by atoms with van der Waals surface area (Å²) in [6.45, 7) is 2.32. The van der Waals surface area contributed by atoms with E-state index in [0.29, 0.717) is 6.54 Å². The van der Waals surface area contributed by atoms with Crippen molar-refractivity contribution in [3.63, 3.8) is 0 Å². The van der Waals surface area contributed by atoms with Gasteiger partial charge in [0.05, 0.1) is 17.7 Å². The number of hydrogen-bond acceptors (Lipinski definition) is 6. The van der Waals surface area contributed by atoms with Crippen molar-refractivity contribution in [2.24, 2.45) is 5.73 Å². The van der Waals surface area contributed by atoms with E-state index >= 15 is 0 Å². The third kappa shape index (κ3) is 3.88. The van der Waals surface area contributed by atoms with Gasteiger partial charge in [0.25, 0.3) is 10.0 Å². The molecule has 0 aromatic carbocycles. The summed E-state index contributed by atoms with van der Waals surface area (Å²) in [4.78, 5) is 4.85. The summed E-state index contributed by atoms with van der Waals surface area (Å²) >= 11 is 2.61. The van der Waals surface area contributed by atoms with Crippen molar-refractivity contribution < 1.29 is 8.42 Å². The van der Waals surface area contributed by atoms with Gasteiger partial charge in [-0.25, -0.2) is 18.1 Å². The molecular formula is C12H13N3O2S3. The minimum atomic E-state index is -3.49. The van der Waals surface area contributed by atoms with Crippen LogP contribution in [0.2, 0.25) is 0 Å². The lowest BCUT2D eigenvalue weighted by molar-refractivity contribution is 0.584. The van der Waals surface area contributed by atoms with Crippen LogP contribution in [0.3, 0.4) is 0 Å². The zero-order valence-corrected chi connectivity index (χ0v) is 13.2. The van der Waals surface area contributed by atoms with Crippen LogP contribution < -0.4 is 10.5 Å². The fraction of sp³-hybridized carbons (Fsp3) is 0.250. The first kappa shape index (κ1) is 15.2. The second-order valence-corrected chi connectivity index (χ2v) is 8.05. The molecule has 0 radical (unpaired) electrons. The largest absolute Gasteiger partial charge is 0.320 e. The SMILES string of the molecule is Cc1ncc(S(=O)(=O)NCc2cc(C#CCN)cs2)s1. The molecule has 0 aliphatic rings. The molecule has 20 heavy (non-hydrogen) atoms. The lowest BCUT2D eigenvalue weighted by atomic mass is 10.3. The molecule has 2 aromatic rings. The minimum Gasteiger partial charge on any atom is -0.320 e. The number of aryl methyl sites for hydroxylation is 1. The van der Waals surface area contributed by atoms with Gasteiger partial charge in [-0.1, -0.05) is 11.8 Å². The Labute approximate surface area is 125 Å². The number of aromatic nitrogens is 1. The summed E-state index contributed by atoms with van der Waals surface area (Å²) in [6.07, 6.45) is 1.37. The molecule has 0 unspecified atom stereocenters. The highest BCUT2D eigenvalue weighted by Gasteiger charge is 2.16. The van der Waals surface area contributed by atoms with E-state index in [0.717, 1.165) is 26.8 Å². The molecule has 0 spiro atoms. The van der Waals surface area contributed by atoms with Gasteiger partial charge in [-0.15, -0.1) is 22.7 Å². The molecule has 0 fully saturated rings. The fourth-order valence-electron chi connectivity index (χ4n) is 1.40. The van der Waals surface area contributed by atoms with Crippen molar-refractivity contribution in [1.82, 2.24) is 9.71 Å². The van der Waals surface area contributed by atoms with E-state index in [1.165, 1.54) is 17.5 Å². The van der Waals surface area contributed by atoms with E-state index in [9.17, 15) is 8.42 Å². The first-order valence-corrected chi connectivity index (χ1v) is 8.87. The van der Waals surface area contributed by atoms with E-state index in [-0.39, 0.29) is 10.8 Å². The Balaban J connectivity index is 2.03. The van der Waals surface area contributed by atoms with E-state index in [2.05, 4.69) is 21.5 Å². The van der Waals surface area contributed by atoms with Gasteiger partial charge in [-0.2, -0.15) is 0 Å². The van der Waals surface area contributed by atoms with Crippen molar-refractivity contribution in [3.05, 3.63) is 33.1 Å². The van der Waals surface area contributed by atoms with Crippen molar-refractivity contribution in [2.75, 3.05) is 6.54 Å². The molecule has 3 N–H and O–H groups in total. The van der Waals surface area contributed by atoms with Crippen LogP contribution in [0.15, 0.2) is 21.9 Å². The average molecular weight is 327 g/mol. The highest BCUT2D eigenvalue weighted by Crippen LogP contribution is 2.19. The summed E-state index contributed by atoms with van der Waals surface area (Å²) in [5.74, 6) is 5.67. The molecule has 0 saturated heterocycles. The van der Waals surface area contributed by atoms with E-state index in [1.54, 1.807) is 6.92 Å². The summed E-state index contributed by atoms with van der Waals surface area (Å²) in [5.41, 5.74) is 6.15. The van der Waals surface area contributed by atoms with Crippen LogP contribution in [0.25, 0.3) is 0 Å². The first-order chi connectivity index (χ1) is 9.51. The zero-order valence-electron chi connectivity index (χ0n) is 10.7. The lowest BCUT2D eigenvalue weighted by Gasteiger charge is -2.01. The van der Waals surface area contributed by atoms with Crippen LogP contribution in [-0.2, 0) is 16.6 Å². The molecule has 5 nitrogen and oxygen atoms in total. The molecule has 0 bridgehead atoms. The molecule has 2 heterocycles. The van der Waals surface area contributed by atoms with E-state index in [1.807, 2.05) is 11.4 Å². The number of nitrogens with one attached hydrogen (secondary N) is 1. The van der Waals surface area contributed by atoms with Crippen LogP contribution >= 0.6 is 22.7 Å². The van der Waals surface area contributed by atoms with Crippen LogP contribution in [0.1, 0.15) is 15.4 Å². The smallest absolute Gasteiger partial charge is 0.252 e. The Hall–Kier alpha value is -1.24. The van der Waals surface area contributed by atoms with Crippen LogP contribution in [0, 0.1) is 18.8 Å². The number of hydrogen-bond donors (Lipinski definition) is 2. The van der Waals surface area contributed by atoms with E-state index in [4.69, 9.17) is 5.73 Å². The molecule has 0 aliphatic heterocycles. The van der Waals surface area contributed by atoms with Crippen molar-refractivity contribution in [2.45, 2.75) is 17.7 Å². The lowest BCUT2D eigenvalue weighted by Crippen LogP contribution is -2.21. The second-order valence-electron chi connectivity index (χ2n) is 3.83. The van der Waals surface area contributed by atoms with Crippen molar-refractivity contribution >= 4 is 32.7 Å². The second kappa shape index (κ2) is 6.47. The highest BCUT2D eigenvalue weighted by atomic mass is 32.2. The molecule has 0 amide bonds. The number of nitrogens with two attached hydrogens (primary N) is 1. The molecule has 0 saturated carbocycles. The Morgan fingerprint density at radius 2 is 2.30 bits per heavy atom. The Kier molecular flexibility index (Phi) is 4.91. The third-order valence-corrected chi connectivity index (χ3v) is 6.00. The molecule has 8 heteroatoms. The Morgan fingerprint density at radius 3 is 2.95 bits per heavy atom. The monoisotopic (exact) mass is 327 g/mol. The van der Waals surface area contributed by atoms with Gasteiger partial charge in [0.2, 0.25) is 0 Å². The van der Waals surface area contributed by atoms with Crippen LogP contribution in [0.4, 0.5) is 0 Å². The fourth-order valence-corrected chi connectivity index (χ4v) is 4.40. The maximum Gasteiger partial charge on any atom is 0.252 e. The summed E-state index contributed by atoms with van der Waals surface area (Å²) in [6, 6.07) is 1.85. The number of thiazole rings is 1. The van der Waals surface area contributed by atoms with Gasteiger partial charge in [0.1, 0.15) is 0 Å². The third-order valence-electron chi connectivity index (χ3n) is 2.29. The Morgan fingerprint density at radius 1 is 1.50 bits per heavy atom. The topological polar surface area (TPSA) is 85.1 Å². The Bertz CT molecular complexity index is 750. The number of sulfonamides is 1. The predicted octanol–water partition coefficient (Wildman–Crippen LogP) is 1.30. The summed E-state index contributed by atoms with van der Waals surface area (Å²) in [5, 5.41) is 2.60. The number of rotatable bonds is 4. The first-order valence-electron chi connectivity index (χ1n) is 5.70. The molecule has 2 aromatic heterocycles. The van der Waals surface area contributed by atoms with E-state index < -0.39 is 10.0 Å². The maximum atomic E-state index is 12.0. The quantitative estimate of drug-likeness (QED) is 0.829. The standard InChI is InChI=1S/C12H13N3O2S3/c1-9-14-7-12(19-9)20(16,17)15-6-11-5-10(8-18-11)3-2-4-13/h5,7-8,15H,4,6,13H2,1H3. The van der Waals surface area contributed by atoms with Gasteiger partial charge >= 0.3 is 0 Å². The van der Waals surface area contributed by atoms with Gasteiger partial charge in [0, 0.05) is 22.4 Å². The van der Waals surface area contributed by atoms with Gasteiger partial charge in [0.15, 0.2) is 4.21 Å². The maximum absolute atomic E-state index is 12.0. The average Bonchev–Trinajstić information content (AvgIpc) is 3.03. The van der Waals surface area contributed by atoms with Crippen LogP contribution in [-0.4, -0.2) is 19.9 Å². The minimum absolute atomic E-state index is 0.231. The zero-order chi connectivity index (χ0) is 14.6. The van der Waals surface area contributed by atoms with Gasteiger partial charge < -0.3 is 5.73 Å². The van der Waals surface area contributed by atoms with Gasteiger partial charge in [-0.3, -0.25) is 0 Å². The molecule has 2 rings (SSSR count). The highest BCUT2D eigenvalue weighted by molar-refractivity contribution is 7.91. The summed E-state index contributed by atoms with van der Waals surface area (Å²) < 4.78 is 26.8. The summed E-state index contributed by atoms with van der Waals surface area (Å²) in [7, 11) is -3.49.